The predicted molar refractivity (Wildman–Crippen MR) is 70.1 cm³/mol. The first-order chi connectivity index (χ1) is 9.84. The Morgan fingerprint density at radius 1 is 1.05 bits per heavy atom. The van der Waals surface area contributed by atoms with E-state index in [-0.39, 0.29) is 6.42 Å². The number of rotatable bonds is 2. The molecule has 0 amide bonds. The van der Waals surface area contributed by atoms with Gasteiger partial charge in [0.1, 0.15) is 11.2 Å². The Hall–Kier alpha value is -2.50. The number of alkyl halides is 3. The van der Waals surface area contributed by atoms with Gasteiger partial charge in [0.05, 0.1) is 12.0 Å². The van der Waals surface area contributed by atoms with Crippen molar-refractivity contribution < 1.29 is 27.5 Å². The molecule has 0 unspecified atom stereocenters. The highest BCUT2D eigenvalue weighted by atomic mass is 19.4. The molecule has 0 aliphatic heterocycles. The minimum atomic E-state index is -4.42. The van der Waals surface area contributed by atoms with Gasteiger partial charge in [0.15, 0.2) is 0 Å². The molecule has 1 N–H and O–H groups in total. The van der Waals surface area contributed by atoms with Crippen LogP contribution < -0.4 is 0 Å². The van der Waals surface area contributed by atoms with Crippen LogP contribution in [0.15, 0.2) is 40.8 Å². The molecule has 21 heavy (non-hydrogen) atoms. The summed E-state index contributed by atoms with van der Waals surface area (Å²) in [7, 11) is 0. The van der Waals surface area contributed by atoms with Gasteiger partial charge in [-0.05, 0) is 29.8 Å². The molecule has 1 aromatic heterocycles. The topological polar surface area (TPSA) is 50.4 Å². The molecular weight excluding hydrogens is 285 g/mol. The maximum Gasteiger partial charge on any atom is 0.416 e. The van der Waals surface area contributed by atoms with Crippen molar-refractivity contribution in [2.75, 3.05) is 0 Å². The van der Waals surface area contributed by atoms with E-state index in [9.17, 15) is 18.0 Å². The van der Waals surface area contributed by atoms with E-state index in [0.717, 1.165) is 12.1 Å². The summed E-state index contributed by atoms with van der Waals surface area (Å²) >= 11 is 0. The number of benzene rings is 2. The molecule has 108 valence electrons. The fraction of sp³-hybridized carbons (Fsp3) is 0.133. The molecule has 1 heterocycles. The molecule has 3 rings (SSSR count). The minimum Gasteiger partial charge on any atom is -0.481 e. The van der Waals surface area contributed by atoms with Gasteiger partial charge >= 0.3 is 12.1 Å². The van der Waals surface area contributed by atoms with Gasteiger partial charge in [-0.25, -0.2) is 0 Å². The van der Waals surface area contributed by atoms with Crippen LogP contribution in [-0.4, -0.2) is 11.1 Å². The van der Waals surface area contributed by atoms with Crippen LogP contribution in [0.4, 0.5) is 13.2 Å². The maximum absolute atomic E-state index is 12.7. The van der Waals surface area contributed by atoms with Gasteiger partial charge in [-0.2, -0.15) is 13.2 Å². The van der Waals surface area contributed by atoms with Gasteiger partial charge in [-0.3, -0.25) is 4.79 Å². The second-order valence-electron chi connectivity index (χ2n) is 4.71. The van der Waals surface area contributed by atoms with Crippen molar-refractivity contribution in [2.24, 2.45) is 0 Å². The molecule has 0 aliphatic rings. The van der Waals surface area contributed by atoms with Crippen molar-refractivity contribution in [3.63, 3.8) is 0 Å². The summed E-state index contributed by atoms with van der Waals surface area (Å²) < 4.78 is 43.7. The monoisotopic (exact) mass is 294 g/mol. The van der Waals surface area contributed by atoms with Crippen LogP contribution in [0.2, 0.25) is 0 Å². The quantitative estimate of drug-likeness (QED) is 0.769. The Bertz CT molecular complexity index is 846. The van der Waals surface area contributed by atoms with E-state index in [2.05, 4.69) is 0 Å². The zero-order chi connectivity index (χ0) is 15.2. The summed E-state index contributed by atoms with van der Waals surface area (Å²) in [5.41, 5.74) is 0.506. The average molecular weight is 294 g/mol. The molecule has 0 spiro atoms. The van der Waals surface area contributed by atoms with Gasteiger partial charge in [0.25, 0.3) is 0 Å². The second-order valence-corrected chi connectivity index (χ2v) is 4.71. The van der Waals surface area contributed by atoms with E-state index in [1.807, 2.05) is 0 Å². The highest BCUT2D eigenvalue weighted by Crippen LogP contribution is 2.35. The van der Waals surface area contributed by atoms with Crippen molar-refractivity contribution in [1.82, 2.24) is 0 Å². The van der Waals surface area contributed by atoms with Gasteiger partial charge in [-0.1, -0.05) is 12.1 Å². The van der Waals surface area contributed by atoms with E-state index in [1.165, 1.54) is 12.1 Å². The van der Waals surface area contributed by atoms with Crippen molar-refractivity contribution >= 4 is 27.9 Å². The highest BCUT2D eigenvalue weighted by molar-refractivity contribution is 6.05. The van der Waals surface area contributed by atoms with Gasteiger partial charge in [0.2, 0.25) is 0 Å². The fourth-order valence-corrected chi connectivity index (χ4v) is 2.28. The summed E-state index contributed by atoms with van der Waals surface area (Å²) in [5, 5.41) is 9.64. The number of carboxylic acids is 1. The average Bonchev–Trinajstić information content (AvgIpc) is 2.73. The zero-order valence-electron chi connectivity index (χ0n) is 10.6. The van der Waals surface area contributed by atoms with Crippen molar-refractivity contribution in [2.45, 2.75) is 12.6 Å². The number of aliphatic carboxylic acids is 1. The highest BCUT2D eigenvalue weighted by Gasteiger charge is 2.30. The normalized spacial score (nSPS) is 12.1. The second kappa shape index (κ2) is 4.51. The summed E-state index contributed by atoms with van der Waals surface area (Å²) in [4.78, 5) is 10.7. The molecule has 0 bridgehead atoms. The first kappa shape index (κ1) is 13.5. The molecular formula is C15H9F3O3. The van der Waals surface area contributed by atoms with Crippen LogP contribution in [0.1, 0.15) is 11.1 Å². The summed E-state index contributed by atoms with van der Waals surface area (Å²) in [6.07, 6.45) is -4.58. The third-order valence-corrected chi connectivity index (χ3v) is 3.22. The third-order valence-electron chi connectivity index (χ3n) is 3.22. The van der Waals surface area contributed by atoms with E-state index in [0.29, 0.717) is 27.5 Å². The van der Waals surface area contributed by atoms with E-state index in [1.54, 1.807) is 12.1 Å². The molecule has 0 fully saturated rings. The number of furan rings is 1. The van der Waals surface area contributed by atoms with Gasteiger partial charge in [0, 0.05) is 10.8 Å². The minimum absolute atomic E-state index is 0.166. The predicted octanol–water partition coefficient (Wildman–Crippen LogP) is 4.23. The zero-order valence-corrected chi connectivity index (χ0v) is 10.6. The molecule has 0 radical (unpaired) electrons. The van der Waals surface area contributed by atoms with Crippen molar-refractivity contribution in [1.29, 1.82) is 0 Å². The number of carboxylic acid groups (broad SMARTS) is 1. The van der Waals surface area contributed by atoms with Crippen LogP contribution in [-0.2, 0) is 17.4 Å². The molecule has 0 aliphatic carbocycles. The molecule has 0 saturated heterocycles. The summed E-state index contributed by atoms with van der Waals surface area (Å²) in [5.74, 6) is -0.982. The first-order valence-electron chi connectivity index (χ1n) is 6.09. The third kappa shape index (κ3) is 2.44. The van der Waals surface area contributed by atoms with Crippen LogP contribution in [0.3, 0.4) is 0 Å². The lowest BCUT2D eigenvalue weighted by molar-refractivity contribution is -0.138. The molecule has 0 saturated carbocycles. The van der Waals surface area contributed by atoms with Crippen molar-refractivity contribution in [3.8, 4) is 0 Å². The van der Waals surface area contributed by atoms with Gasteiger partial charge in [-0.15, -0.1) is 0 Å². The standard InChI is InChI=1S/C15H9F3O3/c16-15(17,18)9-2-4-12-11(7-9)10-3-1-8(6-14(19)20)5-13(10)21-12/h1-5,7H,6H2,(H,19,20). The Balaban J connectivity index is 2.19. The first-order valence-corrected chi connectivity index (χ1v) is 6.09. The fourth-order valence-electron chi connectivity index (χ4n) is 2.28. The maximum atomic E-state index is 12.7. The smallest absolute Gasteiger partial charge is 0.416 e. The molecule has 6 heteroatoms. The number of halogens is 3. The van der Waals surface area contributed by atoms with Gasteiger partial charge < -0.3 is 9.52 Å². The lowest BCUT2D eigenvalue weighted by Crippen LogP contribution is -2.03. The number of carbonyl (C=O) groups is 1. The van der Waals surface area contributed by atoms with Crippen LogP contribution in [0.25, 0.3) is 21.9 Å². The Morgan fingerprint density at radius 3 is 2.48 bits per heavy atom. The SMILES string of the molecule is O=C(O)Cc1ccc2c(c1)oc1ccc(C(F)(F)F)cc12. The summed E-state index contributed by atoms with van der Waals surface area (Å²) in [6.45, 7) is 0. The Labute approximate surface area is 116 Å². The largest absolute Gasteiger partial charge is 0.481 e. The van der Waals surface area contributed by atoms with E-state index in [4.69, 9.17) is 9.52 Å². The Morgan fingerprint density at radius 2 is 1.81 bits per heavy atom. The number of hydrogen-bond donors (Lipinski definition) is 1. The van der Waals surface area contributed by atoms with Crippen LogP contribution >= 0.6 is 0 Å². The lowest BCUT2D eigenvalue weighted by Gasteiger charge is -2.05. The molecule has 2 aromatic carbocycles. The molecule has 3 aromatic rings. The van der Waals surface area contributed by atoms with E-state index >= 15 is 0 Å². The van der Waals surface area contributed by atoms with Crippen LogP contribution in [0.5, 0.6) is 0 Å². The van der Waals surface area contributed by atoms with Crippen LogP contribution in [0, 0.1) is 0 Å². The molecule has 3 nitrogen and oxygen atoms in total. The Kier molecular flexibility index (Phi) is 2.90. The lowest BCUT2D eigenvalue weighted by atomic mass is 10.1. The number of hydrogen-bond acceptors (Lipinski definition) is 2. The van der Waals surface area contributed by atoms with Crippen molar-refractivity contribution in [3.05, 3.63) is 47.5 Å². The summed E-state index contributed by atoms with van der Waals surface area (Å²) in [6, 6.07) is 7.97. The number of fused-ring (bicyclic) bond motifs is 3. The molecule has 0 atom stereocenters. The van der Waals surface area contributed by atoms with E-state index < -0.39 is 17.7 Å².